The van der Waals surface area contributed by atoms with Crippen LogP contribution in [0.3, 0.4) is 0 Å². The van der Waals surface area contributed by atoms with Gasteiger partial charge < -0.3 is 15.5 Å². The molecule has 2 N–H and O–H groups in total. The molecule has 0 aliphatic carbocycles. The van der Waals surface area contributed by atoms with E-state index in [0.717, 1.165) is 42.3 Å². The Bertz CT molecular complexity index is 521. The molecule has 116 valence electrons. The maximum absolute atomic E-state index is 5.93. The highest BCUT2D eigenvalue weighted by Gasteiger charge is 2.24. The van der Waals surface area contributed by atoms with Crippen LogP contribution in [0.25, 0.3) is 0 Å². The third-order valence-electron chi connectivity index (χ3n) is 4.49. The van der Waals surface area contributed by atoms with Gasteiger partial charge in [0.25, 0.3) is 0 Å². The summed E-state index contributed by atoms with van der Waals surface area (Å²) in [5.74, 6) is 0. The molecule has 5 heteroatoms. The van der Waals surface area contributed by atoms with Crippen LogP contribution in [0, 0.1) is 13.8 Å². The molecule has 2 heterocycles. The van der Waals surface area contributed by atoms with Crippen molar-refractivity contribution in [3.8, 4) is 0 Å². The molecule has 0 spiro atoms. The van der Waals surface area contributed by atoms with Gasteiger partial charge in [-0.15, -0.1) is 0 Å². The molecule has 1 aromatic heterocycles. The lowest BCUT2D eigenvalue weighted by Crippen LogP contribution is -2.44. The second-order valence-corrected chi connectivity index (χ2v) is 6.32. The fourth-order valence-corrected chi connectivity index (χ4v) is 3.46. The molecule has 1 aliphatic heterocycles. The van der Waals surface area contributed by atoms with E-state index in [1.54, 1.807) is 0 Å². The van der Waals surface area contributed by atoms with E-state index < -0.39 is 0 Å². The van der Waals surface area contributed by atoms with E-state index in [1.165, 1.54) is 12.8 Å². The van der Waals surface area contributed by atoms with Crippen molar-refractivity contribution < 1.29 is 0 Å². The number of thiocarbonyl (C=S) groups is 1. The van der Waals surface area contributed by atoms with Crippen LogP contribution in [-0.4, -0.2) is 47.6 Å². The first-order valence-electron chi connectivity index (χ1n) is 7.67. The number of hydrogen-bond donors (Lipinski definition) is 1. The van der Waals surface area contributed by atoms with Crippen LogP contribution >= 0.6 is 12.2 Å². The lowest BCUT2D eigenvalue weighted by Gasteiger charge is -2.38. The summed E-state index contributed by atoms with van der Waals surface area (Å²) in [6.07, 6.45) is 2.36. The van der Waals surface area contributed by atoms with Gasteiger partial charge in [-0.3, -0.25) is 4.98 Å². The Morgan fingerprint density at radius 3 is 2.57 bits per heavy atom. The Morgan fingerprint density at radius 1 is 1.43 bits per heavy atom. The van der Waals surface area contributed by atoms with E-state index in [2.05, 4.69) is 34.8 Å². The minimum atomic E-state index is 0.438. The van der Waals surface area contributed by atoms with Crippen molar-refractivity contribution in [1.29, 1.82) is 0 Å². The molecule has 0 unspecified atom stereocenters. The zero-order chi connectivity index (χ0) is 15.6. The number of nitrogens with two attached hydrogens (primary N) is 1. The molecule has 2 rings (SSSR count). The van der Waals surface area contributed by atoms with Crippen molar-refractivity contribution in [2.75, 3.05) is 31.6 Å². The Hall–Kier alpha value is -1.20. The van der Waals surface area contributed by atoms with Gasteiger partial charge in [-0.2, -0.15) is 0 Å². The molecule has 1 aromatic rings. The number of aromatic nitrogens is 1. The Morgan fingerprint density at radius 2 is 2.05 bits per heavy atom. The van der Waals surface area contributed by atoms with Gasteiger partial charge in [-0.25, -0.2) is 0 Å². The summed E-state index contributed by atoms with van der Waals surface area (Å²) in [5, 5.41) is 0. The average Bonchev–Trinajstić information content (AvgIpc) is 2.45. The fraction of sp³-hybridized carbons (Fsp3) is 0.625. The number of aryl methyl sites for hydroxylation is 2. The topological polar surface area (TPSA) is 45.4 Å². The van der Waals surface area contributed by atoms with Crippen LogP contribution in [0.4, 0.5) is 5.69 Å². The monoisotopic (exact) mass is 306 g/mol. The Labute approximate surface area is 133 Å². The summed E-state index contributed by atoms with van der Waals surface area (Å²) < 4.78 is 0. The summed E-state index contributed by atoms with van der Waals surface area (Å²) in [4.78, 5) is 9.80. The van der Waals surface area contributed by atoms with Crippen molar-refractivity contribution in [2.45, 2.75) is 39.7 Å². The highest BCUT2D eigenvalue weighted by atomic mass is 32.1. The lowest BCUT2D eigenvalue weighted by molar-refractivity contribution is 0.221. The fourth-order valence-electron chi connectivity index (χ4n) is 3.21. The number of pyridine rings is 1. The minimum Gasteiger partial charge on any atom is -0.389 e. The largest absolute Gasteiger partial charge is 0.389 e. The number of piperidine rings is 1. The first-order valence-corrected chi connectivity index (χ1v) is 8.08. The molecule has 0 bridgehead atoms. The van der Waals surface area contributed by atoms with Crippen molar-refractivity contribution in [3.05, 3.63) is 23.0 Å². The van der Waals surface area contributed by atoms with Gasteiger partial charge in [-0.05, 0) is 39.3 Å². The highest BCUT2D eigenvalue weighted by molar-refractivity contribution is 7.80. The molecule has 0 radical (unpaired) electrons. The van der Waals surface area contributed by atoms with Crippen LogP contribution in [0.1, 0.15) is 36.7 Å². The molecule has 1 saturated heterocycles. The van der Waals surface area contributed by atoms with E-state index in [4.69, 9.17) is 18.0 Å². The summed E-state index contributed by atoms with van der Waals surface area (Å²) in [6.45, 7) is 9.70. The van der Waals surface area contributed by atoms with E-state index in [-0.39, 0.29) is 0 Å². The predicted octanol–water partition coefficient (Wildman–Crippen LogP) is 2.25. The number of rotatable bonds is 4. The lowest BCUT2D eigenvalue weighted by atomic mass is 10.0. The van der Waals surface area contributed by atoms with Gasteiger partial charge in [0.2, 0.25) is 0 Å². The predicted molar refractivity (Wildman–Crippen MR) is 93.1 cm³/mol. The second-order valence-electron chi connectivity index (χ2n) is 5.88. The molecule has 1 aliphatic rings. The smallest absolute Gasteiger partial charge is 0.107 e. The van der Waals surface area contributed by atoms with Crippen molar-refractivity contribution in [2.24, 2.45) is 5.73 Å². The van der Waals surface area contributed by atoms with E-state index in [9.17, 15) is 0 Å². The number of hydrogen-bond acceptors (Lipinski definition) is 4. The first-order chi connectivity index (χ1) is 9.93. The minimum absolute atomic E-state index is 0.438. The number of anilines is 1. The standard InChI is InChI=1S/C16H26N4S/c1-5-20-8-6-13(7-9-20)19(4)14-10-11(2)18-12(3)15(14)16(17)21/h10,13H,5-9H2,1-4H3,(H2,17,21). The van der Waals surface area contributed by atoms with E-state index in [1.807, 2.05) is 13.8 Å². The number of likely N-dealkylation sites (tertiary alicyclic amines) is 1. The van der Waals surface area contributed by atoms with Crippen LogP contribution in [0.5, 0.6) is 0 Å². The molecule has 0 saturated carbocycles. The summed E-state index contributed by atoms with van der Waals surface area (Å²) in [7, 11) is 2.16. The van der Waals surface area contributed by atoms with Crippen molar-refractivity contribution >= 4 is 22.9 Å². The quantitative estimate of drug-likeness (QED) is 0.865. The van der Waals surface area contributed by atoms with Gasteiger partial charge in [-0.1, -0.05) is 19.1 Å². The molecule has 4 nitrogen and oxygen atoms in total. The van der Waals surface area contributed by atoms with Gasteiger partial charge in [0.15, 0.2) is 0 Å². The van der Waals surface area contributed by atoms with Gasteiger partial charge in [0, 0.05) is 37.6 Å². The van der Waals surface area contributed by atoms with Crippen molar-refractivity contribution in [3.63, 3.8) is 0 Å². The maximum atomic E-state index is 5.93. The third-order valence-corrected chi connectivity index (χ3v) is 4.69. The van der Waals surface area contributed by atoms with E-state index >= 15 is 0 Å². The Balaban J connectivity index is 2.27. The summed E-state index contributed by atoms with van der Waals surface area (Å²) >= 11 is 5.24. The molecular formula is C16H26N4S. The van der Waals surface area contributed by atoms with Crippen LogP contribution < -0.4 is 10.6 Å². The summed E-state index contributed by atoms with van der Waals surface area (Å²) in [5.41, 5.74) is 9.93. The normalized spacial score (nSPS) is 17.0. The van der Waals surface area contributed by atoms with E-state index in [0.29, 0.717) is 11.0 Å². The highest BCUT2D eigenvalue weighted by Crippen LogP contribution is 2.27. The van der Waals surface area contributed by atoms with Gasteiger partial charge in [0.05, 0.1) is 11.3 Å². The number of nitrogens with zero attached hydrogens (tertiary/aromatic N) is 3. The molecule has 0 aromatic carbocycles. The molecule has 21 heavy (non-hydrogen) atoms. The first kappa shape index (κ1) is 16.2. The van der Waals surface area contributed by atoms with Crippen LogP contribution in [0.15, 0.2) is 6.07 Å². The van der Waals surface area contributed by atoms with Crippen LogP contribution in [0.2, 0.25) is 0 Å². The zero-order valence-corrected chi connectivity index (χ0v) is 14.3. The van der Waals surface area contributed by atoms with Gasteiger partial charge in [0.1, 0.15) is 4.99 Å². The zero-order valence-electron chi connectivity index (χ0n) is 13.5. The molecular weight excluding hydrogens is 280 g/mol. The molecule has 1 fully saturated rings. The maximum Gasteiger partial charge on any atom is 0.107 e. The van der Waals surface area contributed by atoms with Crippen LogP contribution in [-0.2, 0) is 0 Å². The van der Waals surface area contributed by atoms with Crippen molar-refractivity contribution in [1.82, 2.24) is 9.88 Å². The molecule has 0 amide bonds. The third kappa shape index (κ3) is 3.52. The average molecular weight is 306 g/mol. The molecule has 0 atom stereocenters. The Kier molecular flexibility index (Phi) is 5.17. The second kappa shape index (κ2) is 6.71. The van der Waals surface area contributed by atoms with Gasteiger partial charge >= 0.3 is 0 Å². The summed E-state index contributed by atoms with van der Waals surface area (Å²) in [6, 6.07) is 2.65. The SMILES string of the molecule is CCN1CCC(N(C)c2cc(C)nc(C)c2C(N)=S)CC1.